The Bertz CT molecular complexity index is 1030. The van der Waals surface area contributed by atoms with Gasteiger partial charge < -0.3 is 10.4 Å². The summed E-state index contributed by atoms with van der Waals surface area (Å²) in [4.78, 5) is 28.9. The van der Waals surface area contributed by atoms with Crippen LogP contribution in [0.5, 0.6) is 0 Å². The van der Waals surface area contributed by atoms with Crippen LogP contribution in [0.25, 0.3) is 5.65 Å². The molecule has 0 bridgehead atoms. The van der Waals surface area contributed by atoms with Gasteiger partial charge in [-0.25, -0.2) is 9.78 Å². The summed E-state index contributed by atoms with van der Waals surface area (Å²) in [6.07, 6.45) is 3.04. The Morgan fingerprint density at radius 3 is 2.73 bits per heavy atom. The molecule has 2 heterocycles. The number of carbonyl (C=O) groups excluding carboxylic acids is 1. The first kappa shape index (κ1) is 16.3. The molecule has 1 aliphatic rings. The monoisotopic (exact) mass is 353 g/mol. The van der Waals surface area contributed by atoms with Crippen molar-refractivity contribution in [2.45, 2.75) is 24.8 Å². The molecule has 1 amide bonds. The summed E-state index contributed by atoms with van der Waals surface area (Å²) in [6.45, 7) is 0. The minimum Gasteiger partial charge on any atom is -0.479 e. The maximum Gasteiger partial charge on any atom is 0.334 e. The molecule has 26 heavy (non-hydrogen) atoms. The number of carbonyl (C=O) groups is 2. The molecule has 0 fully saturated rings. The number of hydrogen-bond acceptors (Lipinski definition) is 3. The van der Waals surface area contributed by atoms with Crippen LogP contribution in [0, 0.1) is 5.95 Å². The van der Waals surface area contributed by atoms with Gasteiger partial charge in [-0.1, -0.05) is 30.3 Å². The number of aromatic nitrogens is 2. The van der Waals surface area contributed by atoms with Crippen LogP contribution in [-0.2, 0) is 16.8 Å². The summed E-state index contributed by atoms with van der Waals surface area (Å²) in [5.74, 6) is -2.82. The van der Waals surface area contributed by atoms with Crippen LogP contribution in [-0.4, -0.2) is 26.4 Å². The second-order valence-electron chi connectivity index (χ2n) is 6.36. The Balaban J connectivity index is 1.77. The van der Waals surface area contributed by atoms with Gasteiger partial charge in [0.15, 0.2) is 11.2 Å². The number of aliphatic carboxylic acids is 1. The predicted molar refractivity (Wildman–Crippen MR) is 91.3 cm³/mol. The zero-order valence-electron chi connectivity index (χ0n) is 13.8. The summed E-state index contributed by atoms with van der Waals surface area (Å²) >= 11 is 0. The lowest BCUT2D eigenvalue weighted by Gasteiger charge is -2.36. The standard InChI is InChI=1S/C19H16FN3O3/c20-16-15(21-14-9-3-4-11-23(14)16)17(24)22-19(18(25)26)10-5-7-12-6-1-2-8-13(12)19/h1-4,6,8-9,11H,5,7,10H2,(H,22,24)(H,25,26)/t19-/m1/s1. The van der Waals surface area contributed by atoms with Crippen LogP contribution in [0.4, 0.5) is 4.39 Å². The molecule has 0 radical (unpaired) electrons. The number of hydrogen-bond donors (Lipinski definition) is 2. The van der Waals surface area contributed by atoms with E-state index < -0.39 is 29.1 Å². The largest absolute Gasteiger partial charge is 0.479 e. The van der Waals surface area contributed by atoms with E-state index in [1.54, 1.807) is 30.3 Å². The Hall–Kier alpha value is -3.22. The zero-order valence-corrected chi connectivity index (χ0v) is 13.8. The highest BCUT2D eigenvalue weighted by Gasteiger charge is 2.45. The van der Waals surface area contributed by atoms with Crippen molar-refractivity contribution in [2.75, 3.05) is 0 Å². The maximum absolute atomic E-state index is 14.5. The normalized spacial score (nSPS) is 19.1. The van der Waals surface area contributed by atoms with E-state index >= 15 is 0 Å². The molecule has 6 nitrogen and oxygen atoms in total. The lowest BCUT2D eigenvalue weighted by atomic mass is 9.76. The number of halogens is 1. The van der Waals surface area contributed by atoms with Crippen LogP contribution in [0.15, 0.2) is 48.7 Å². The van der Waals surface area contributed by atoms with E-state index in [2.05, 4.69) is 10.3 Å². The average Bonchev–Trinajstić information content (AvgIpc) is 2.99. The summed E-state index contributed by atoms with van der Waals surface area (Å²) < 4.78 is 15.7. The SMILES string of the molecule is O=C(N[C@]1(C(=O)O)CCCc2ccccc21)c1nc2ccccn2c1F. The number of imidazole rings is 1. The number of carboxylic acid groups (broad SMARTS) is 1. The quantitative estimate of drug-likeness (QED) is 0.758. The van der Waals surface area contributed by atoms with Crippen molar-refractivity contribution in [3.05, 3.63) is 71.4 Å². The van der Waals surface area contributed by atoms with E-state index in [1.807, 2.05) is 12.1 Å². The van der Waals surface area contributed by atoms with Crippen molar-refractivity contribution < 1.29 is 19.1 Å². The van der Waals surface area contributed by atoms with E-state index in [9.17, 15) is 19.1 Å². The van der Waals surface area contributed by atoms with Crippen molar-refractivity contribution in [3.63, 3.8) is 0 Å². The van der Waals surface area contributed by atoms with Crippen LogP contribution in [0.2, 0.25) is 0 Å². The third-order valence-corrected chi connectivity index (χ3v) is 4.85. The van der Waals surface area contributed by atoms with Gasteiger partial charge in [0, 0.05) is 6.20 Å². The molecular weight excluding hydrogens is 337 g/mol. The van der Waals surface area contributed by atoms with Crippen molar-refractivity contribution in [1.29, 1.82) is 0 Å². The van der Waals surface area contributed by atoms with E-state index in [4.69, 9.17) is 0 Å². The van der Waals surface area contributed by atoms with Gasteiger partial charge in [-0.2, -0.15) is 4.39 Å². The molecule has 7 heteroatoms. The molecule has 0 unspecified atom stereocenters. The first-order valence-electron chi connectivity index (χ1n) is 8.30. The van der Waals surface area contributed by atoms with Crippen LogP contribution in [0.1, 0.15) is 34.5 Å². The van der Waals surface area contributed by atoms with Gasteiger partial charge in [-0.05, 0) is 42.5 Å². The molecule has 0 saturated heterocycles. The lowest BCUT2D eigenvalue weighted by molar-refractivity contribution is -0.145. The lowest BCUT2D eigenvalue weighted by Crippen LogP contribution is -2.53. The predicted octanol–water partition coefficient (Wildman–Crippen LogP) is 2.52. The summed E-state index contributed by atoms with van der Waals surface area (Å²) in [5, 5.41) is 12.5. The van der Waals surface area contributed by atoms with Crippen molar-refractivity contribution in [2.24, 2.45) is 0 Å². The molecule has 0 spiro atoms. The number of fused-ring (bicyclic) bond motifs is 2. The van der Waals surface area contributed by atoms with Gasteiger partial charge in [-0.3, -0.25) is 9.20 Å². The Labute approximate surface area is 148 Å². The highest BCUT2D eigenvalue weighted by Crippen LogP contribution is 2.36. The maximum atomic E-state index is 14.5. The van der Waals surface area contributed by atoms with Crippen LogP contribution in [0.3, 0.4) is 0 Å². The molecule has 132 valence electrons. The van der Waals surface area contributed by atoms with Gasteiger partial charge in [-0.15, -0.1) is 0 Å². The number of nitrogens with one attached hydrogen (secondary N) is 1. The second-order valence-corrected chi connectivity index (χ2v) is 6.36. The molecule has 3 aromatic rings. The first-order valence-corrected chi connectivity index (χ1v) is 8.30. The van der Waals surface area contributed by atoms with Gasteiger partial charge in [0.05, 0.1) is 0 Å². The Morgan fingerprint density at radius 2 is 1.96 bits per heavy atom. The fraction of sp³-hybridized carbons (Fsp3) is 0.211. The van der Waals surface area contributed by atoms with Crippen LogP contribution >= 0.6 is 0 Å². The highest BCUT2D eigenvalue weighted by molar-refractivity contribution is 5.97. The highest BCUT2D eigenvalue weighted by atomic mass is 19.1. The number of aryl methyl sites for hydroxylation is 1. The van der Waals surface area contributed by atoms with E-state index in [0.717, 1.165) is 16.4 Å². The minimum absolute atomic E-state index is 0.236. The number of rotatable bonds is 3. The number of carboxylic acids is 1. The fourth-order valence-corrected chi connectivity index (χ4v) is 3.60. The number of pyridine rings is 1. The second kappa shape index (κ2) is 5.94. The van der Waals surface area contributed by atoms with Gasteiger partial charge in [0.25, 0.3) is 5.91 Å². The molecule has 2 N–H and O–H groups in total. The van der Waals surface area contributed by atoms with Gasteiger partial charge >= 0.3 is 5.97 Å². The fourth-order valence-electron chi connectivity index (χ4n) is 3.60. The summed E-state index contributed by atoms with van der Waals surface area (Å²) in [6, 6.07) is 12.0. The zero-order chi connectivity index (χ0) is 18.3. The van der Waals surface area contributed by atoms with Gasteiger partial charge in [0.1, 0.15) is 5.65 Å². The molecular formula is C19H16FN3O3. The molecule has 1 aromatic carbocycles. The molecule has 0 aliphatic heterocycles. The Kier molecular flexibility index (Phi) is 3.72. The van der Waals surface area contributed by atoms with Crippen LogP contribution < -0.4 is 5.32 Å². The molecule has 1 aliphatic carbocycles. The summed E-state index contributed by atoms with van der Waals surface area (Å²) in [5.41, 5.74) is -0.314. The minimum atomic E-state index is -1.59. The van der Waals surface area contributed by atoms with Crippen molar-refractivity contribution in [1.82, 2.24) is 14.7 Å². The van der Waals surface area contributed by atoms with E-state index in [0.29, 0.717) is 12.0 Å². The average molecular weight is 353 g/mol. The third-order valence-electron chi connectivity index (χ3n) is 4.85. The van der Waals surface area contributed by atoms with Crippen molar-refractivity contribution >= 4 is 17.5 Å². The molecule has 4 rings (SSSR count). The van der Waals surface area contributed by atoms with E-state index in [-0.39, 0.29) is 12.1 Å². The smallest absolute Gasteiger partial charge is 0.334 e. The number of amides is 1. The molecule has 0 saturated carbocycles. The molecule has 2 aromatic heterocycles. The number of nitrogens with zero attached hydrogens (tertiary/aromatic N) is 2. The van der Waals surface area contributed by atoms with E-state index in [1.165, 1.54) is 6.20 Å². The summed E-state index contributed by atoms with van der Waals surface area (Å²) in [7, 11) is 0. The van der Waals surface area contributed by atoms with Crippen molar-refractivity contribution in [3.8, 4) is 0 Å². The number of benzene rings is 1. The van der Waals surface area contributed by atoms with Gasteiger partial charge in [0.2, 0.25) is 5.95 Å². The topological polar surface area (TPSA) is 83.7 Å². The molecule has 1 atom stereocenters. The third kappa shape index (κ3) is 2.35. The Morgan fingerprint density at radius 1 is 1.19 bits per heavy atom. The first-order chi connectivity index (χ1) is 12.5.